The van der Waals surface area contributed by atoms with Crippen LogP contribution in [0.15, 0.2) is 0 Å². The van der Waals surface area contributed by atoms with Gasteiger partial charge < -0.3 is 9.47 Å². The van der Waals surface area contributed by atoms with Gasteiger partial charge in [-0.15, -0.1) is 11.6 Å². The SMILES string of the molecule is ClCC1CCOC1C1CCOCC1. The van der Waals surface area contributed by atoms with Crippen LogP contribution in [-0.4, -0.2) is 31.8 Å². The molecule has 0 saturated carbocycles. The molecule has 2 unspecified atom stereocenters. The van der Waals surface area contributed by atoms with Crippen LogP contribution in [0.5, 0.6) is 0 Å². The van der Waals surface area contributed by atoms with E-state index in [0.717, 1.165) is 45.0 Å². The van der Waals surface area contributed by atoms with Gasteiger partial charge >= 0.3 is 0 Å². The van der Waals surface area contributed by atoms with Crippen LogP contribution in [0.4, 0.5) is 0 Å². The topological polar surface area (TPSA) is 18.5 Å². The summed E-state index contributed by atoms with van der Waals surface area (Å²) in [7, 11) is 0. The van der Waals surface area contributed by atoms with Crippen LogP contribution in [0, 0.1) is 11.8 Å². The van der Waals surface area contributed by atoms with Gasteiger partial charge in [0, 0.05) is 31.6 Å². The molecule has 0 N–H and O–H groups in total. The van der Waals surface area contributed by atoms with E-state index in [1.54, 1.807) is 0 Å². The van der Waals surface area contributed by atoms with Gasteiger partial charge in [-0.1, -0.05) is 0 Å². The zero-order chi connectivity index (χ0) is 9.10. The number of alkyl halides is 1. The Morgan fingerprint density at radius 3 is 2.54 bits per heavy atom. The first-order chi connectivity index (χ1) is 6.42. The summed E-state index contributed by atoms with van der Waals surface area (Å²) >= 11 is 5.91. The molecule has 3 heteroatoms. The minimum absolute atomic E-state index is 0.418. The number of hydrogen-bond donors (Lipinski definition) is 0. The molecular weight excluding hydrogens is 188 g/mol. The molecule has 0 bridgehead atoms. The van der Waals surface area contributed by atoms with Crippen LogP contribution in [0.1, 0.15) is 19.3 Å². The lowest BCUT2D eigenvalue weighted by Gasteiger charge is -2.29. The number of ether oxygens (including phenoxy) is 2. The average Bonchev–Trinajstić information content (AvgIpc) is 2.67. The van der Waals surface area contributed by atoms with Crippen molar-refractivity contribution in [2.45, 2.75) is 25.4 Å². The zero-order valence-electron chi connectivity index (χ0n) is 7.88. The predicted molar refractivity (Wildman–Crippen MR) is 52.1 cm³/mol. The molecule has 2 atom stereocenters. The third-order valence-electron chi connectivity index (χ3n) is 3.19. The molecule has 2 nitrogen and oxygen atoms in total. The second kappa shape index (κ2) is 4.63. The molecular formula is C10H17ClO2. The highest BCUT2D eigenvalue weighted by Gasteiger charge is 2.34. The van der Waals surface area contributed by atoms with E-state index in [2.05, 4.69) is 0 Å². The first-order valence-corrected chi connectivity index (χ1v) is 5.70. The Bertz CT molecular complexity index is 157. The Hall–Kier alpha value is 0.210. The first kappa shape index (κ1) is 9.75. The fourth-order valence-corrected chi connectivity index (χ4v) is 2.72. The van der Waals surface area contributed by atoms with Gasteiger partial charge in [-0.2, -0.15) is 0 Å². The van der Waals surface area contributed by atoms with E-state index in [-0.39, 0.29) is 0 Å². The minimum atomic E-state index is 0.418. The predicted octanol–water partition coefficient (Wildman–Crippen LogP) is 2.06. The van der Waals surface area contributed by atoms with Gasteiger partial charge in [0.05, 0.1) is 6.10 Å². The van der Waals surface area contributed by atoms with Gasteiger partial charge in [0.2, 0.25) is 0 Å². The van der Waals surface area contributed by atoms with Crippen molar-refractivity contribution in [3.05, 3.63) is 0 Å². The minimum Gasteiger partial charge on any atom is -0.381 e. The number of hydrogen-bond acceptors (Lipinski definition) is 2. The molecule has 0 aromatic rings. The second-order valence-corrected chi connectivity index (χ2v) is 4.30. The molecule has 0 aromatic carbocycles. The van der Waals surface area contributed by atoms with E-state index >= 15 is 0 Å². The molecule has 0 radical (unpaired) electrons. The van der Waals surface area contributed by atoms with Gasteiger partial charge in [0.15, 0.2) is 0 Å². The maximum absolute atomic E-state index is 5.91. The Morgan fingerprint density at radius 1 is 1.08 bits per heavy atom. The second-order valence-electron chi connectivity index (χ2n) is 3.99. The van der Waals surface area contributed by atoms with Crippen molar-refractivity contribution in [1.82, 2.24) is 0 Å². The van der Waals surface area contributed by atoms with Crippen molar-refractivity contribution in [3.63, 3.8) is 0 Å². The first-order valence-electron chi connectivity index (χ1n) is 5.17. The summed E-state index contributed by atoms with van der Waals surface area (Å²) in [6, 6.07) is 0. The Morgan fingerprint density at radius 2 is 1.85 bits per heavy atom. The lowest BCUT2D eigenvalue weighted by atomic mass is 9.87. The molecule has 2 heterocycles. The normalized spacial score (nSPS) is 36.7. The lowest BCUT2D eigenvalue weighted by molar-refractivity contribution is -0.0162. The molecule has 2 aliphatic heterocycles. The van der Waals surface area contributed by atoms with Crippen LogP contribution in [0.25, 0.3) is 0 Å². The molecule has 2 rings (SSSR count). The monoisotopic (exact) mass is 204 g/mol. The fourth-order valence-electron chi connectivity index (χ4n) is 2.39. The van der Waals surface area contributed by atoms with E-state index in [0.29, 0.717) is 17.9 Å². The zero-order valence-corrected chi connectivity index (χ0v) is 8.63. The van der Waals surface area contributed by atoms with Gasteiger partial charge in [0.1, 0.15) is 0 Å². The summed E-state index contributed by atoms with van der Waals surface area (Å²) < 4.78 is 11.1. The maximum Gasteiger partial charge on any atom is 0.0645 e. The van der Waals surface area contributed by atoms with E-state index in [9.17, 15) is 0 Å². The Labute approximate surface area is 84.5 Å². The highest BCUT2D eigenvalue weighted by molar-refractivity contribution is 6.18. The molecule has 2 fully saturated rings. The summed E-state index contributed by atoms with van der Waals surface area (Å²) in [4.78, 5) is 0. The van der Waals surface area contributed by atoms with Crippen LogP contribution < -0.4 is 0 Å². The van der Waals surface area contributed by atoms with Gasteiger partial charge in [-0.25, -0.2) is 0 Å². The van der Waals surface area contributed by atoms with Crippen LogP contribution >= 0.6 is 11.6 Å². The smallest absolute Gasteiger partial charge is 0.0645 e. The Balaban J connectivity index is 1.90. The molecule has 0 amide bonds. The summed E-state index contributed by atoms with van der Waals surface area (Å²) in [6.45, 7) is 2.71. The van der Waals surface area contributed by atoms with E-state index in [1.807, 2.05) is 0 Å². The quantitative estimate of drug-likeness (QED) is 0.642. The van der Waals surface area contributed by atoms with E-state index in [1.165, 1.54) is 0 Å². The van der Waals surface area contributed by atoms with Crippen LogP contribution in [0.3, 0.4) is 0 Å². The molecule has 0 aliphatic carbocycles. The number of halogens is 1. The Kier molecular flexibility index (Phi) is 3.47. The fraction of sp³-hybridized carbons (Fsp3) is 1.00. The van der Waals surface area contributed by atoms with Crippen molar-refractivity contribution in [1.29, 1.82) is 0 Å². The van der Waals surface area contributed by atoms with E-state index in [4.69, 9.17) is 21.1 Å². The molecule has 2 aliphatic rings. The van der Waals surface area contributed by atoms with E-state index < -0.39 is 0 Å². The highest BCUT2D eigenvalue weighted by atomic mass is 35.5. The summed E-state index contributed by atoms with van der Waals surface area (Å²) in [6.07, 6.45) is 3.86. The van der Waals surface area contributed by atoms with Crippen molar-refractivity contribution in [2.75, 3.05) is 25.7 Å². The molecule has 0 aromatic heterocycles. The number of rotatable bonds is 2. The van der Waals surface area contributed by atoms with Gasteiger partial charge in [0.25, 0.3) is 0 Å². The summed E-state index contributed by atoms with van der Waals surface area (Å²) in [5.74, 6) is 2.03. The van der Waals surface area contributed by atoms with Crippen molar-refractivity contribution >= 4 is 11.6 Å². The molecule has 2 saturated heterocycles. The summed E-state index contributed by atoms with van der Waals surface area (Å²) in [5.41, 5.74) is 0. The molecule has 0 spiro atoms. The standard InChI is InChI=1S/C10H17ClO2/c11-7-9-3-6-13-10(9)8-1-4-12-5-2-8/h8-10H,1-7H2. The third-order valence-corrected chi connectivity index (χ3v) is 3.59. The maximum atomic E-state index is 5.91. The van der Waals surface area contributed by atoms with Crippen molar-refractivity contribution < 1.29 is 9.47 Å². The van der Waals surface area contributed by atoms with Gasteiger partial charge in [-0.3, -0.25) is 0 Å². The van der Waals surface area contributed by atoms with Gasteiger partial charge in [-0.05, 0) is 25.2 Å². The lowest BCUT2D eigenvalue weighted by Crippen LogP contribution is -2.32. The average molecular weight is 205 g/mol. The largest absolute Gasteiger partial charge is 0.381 e. The van der Waals surface area contributed by atoms with Crippen LogP contribution in [-0.2, 0) is 9.47 Å². The van der Waals surface area contributed by atoms with Crippen LogP contribution in [0.2, 0.25) is 0 Å². The van der Waals surface area contributed by atoms with Crippen molar-refractivity contribution in [3.8, 4) is 0 Å². The van der Waals surface area contributed by atoms with Crippen molar-refractivity contribution in [2.24, 2.45) is 11.8 Å². The molecule has 13 heavy (non-hydrogen) atoms. The summed E-state index contributed by atoms with van der Waals surface area (Å²) in [5, 5.41) is 0. The highest BCUT2D eigenvalue weighted by Crippen LogP contribution is 2.32. The molecule has 76 valence electrons. The third kappa shape index (κ3) is 2.17.